The Balaban J connectivity index is 1.83. The second-order valence-electron chi connectivity index (χ2n) is 7.52. The highest BCUT2D eigenvalue weighted by Crippen LogP contribution is 2.23. The molecule has 1 aliphatic heterocycles. The highest BCUT2D eigenvalue weighted by molar-refractivity contribution is 7.91. The van der Waals surface area contributed by atoms with Crippen molar-refractivity contribution in [3.05, 3.63) is 66.2 Å². The van der Waals surface area contributed by atoms with Crippen LogP contribution in [0.3, 0.4) is 0 Å². The lowest BCUT2D eigenvalue weighted by atomic mass is 10.0. The van der Waals surface area contributed by atoms with E-state index in [4.69, 9.17) is 0 Å². The number of nitrogens with one attached hydrogen (secondary N) is 1. The molecule has 0 radical (unpaired) electrons. The maximum absolute atomic E-state index is 13.1. The maximum Gasteiger partial charge on any atom is 0.243 e. The molecule has 3 rings (SSSR count). The van der Waals surface area contributed by atoms with Crippen molar-refractivity contribution in [1.82, 2.24) is 9.62 Å². The average Bonchev–Trinajstić information content (AvgIpc) is 2.95. The molecule has 1 unspecified atom stereocenters. The van der Waals surface area contributed by atoms with E-state index in [9.17, 15) is 21.6 Å². The van der Waals surface area contributed by atoms with Gasteiger partial charge < -0.3 is 5.32 Å². The van der Waals surface area contributed by atoms with Gasteiger partial charge in [0.15, 0.2) is 9.84 Å². The van der Waals surface area contributed by atoms with E-state index < -0.39 is 37.9 Å². The van der Waals surface area contributed by atoms with Crippen molar-refractivity contribution in [3.63, 3.8) is 0 Å². The van der Waals surface area contributed by atoms with Crippen molar-refractivity contribution in [2.24, 2.45) is 0 Å². The fourth-order valence-corrected chi connectivity index (χ4v) is 6.90. The van der Waals surface area contributed by atoms with Gasteiger partial charge >= 0.3 is 0 Å². The van der Waals surface area contributed by atoms with Crippen molar-refractivity contribution in [1.29, 1.82) is 0 Å². The van der Waals surface area contributed by atoms with E-state index in [2.05, 4.69) is 5.32 Å². The molecule has 1 fully saturated rings. The molecule has 1 N–H and O–H groups in total. The summed E-state index contributed by atoms with van der Waals surface area (Å²) in [7, 11) is -7.11. The van der Waals surface area contributed by atoms with Gasteiger partial charge in [-0.3, -0.25) is 4.79 Å². The summed E-state index contributed by atoms with van der Waals surface area (Å²) < 4.78 is 51.0. The summed E-state index contributed by atoms with van der Waals surface area (Å²) in [5.74, 6) is -0.657. The molecule has 2 aromatic carbocycles. The van der Waals surface area contributed by atoms with Crippen LogP contribution >= 0.6 is 0 Å². The molecule has 9 heteroatoms. The molecular weight excluding hydrogens is 412 g/mol. The van der Waals surface area contributed by atoms with Crippen LogP contribution in [0.4, 0.5) is 0 Å². The van der Waals surface area contributed by atoms with Crippen molar-refractivity contribution >= 4 is 25.8 Å². The second kappa shape index (κ2) is 8.25. The summed E-state index contributed by atoms with van der Waals surface area (Å²) in [6.07, 6.45) is 0.311. The first-order valence-electron chi connectivity index (χ1n) is 9.20. The molecule has 1 heterocycles. The van der Waals surface area contributed by atoms with E-state index in [-0.39, 0.29) is 22.9 Å². The Bertz CT molecular complexity index is 1070. The lowest BCUT2D eigenvalue weighted by Crippen LogP contribution is -2.51. The van der Waals surface area contributed by atoms with Gasteiger partial charge in [0.05, 0.1) is 28.5 Å². The maximum atomic E-state index is 13.1. The number of hydrogen-bond acceptors (Lipinski definition) is 5. The van der Waals surface area contributed by atoms with Crippen LogP contribution in [-0.2, 0) is 31.2 Å². The lowest BCUT2D eigenvalue weighted by Gasteiger charge is -2.27. The first-order chi connectivity index (χ1) is 13.6. The molecule has 29 heavy (non-hydrogen) atoms. The van der Waals surface area contributed by atoms with Gasteiger partial charge in [-0.05, 0) is 31.0 Å². The second-order valence-corrected chi connectivity index (χ2v) is 11.6. The molecule has 1 amide bonds. The van der Waals surface area contributed by atoms with Gasteiger partial charge in [-0.15, -0.1) is 0 Å². The van der Waals surface area contributed by atoms with Crippen molar-refractivity contribution < 1.29 is 21.6 Å². The third kappa shape index (κ3) is 5.43. The van der Waals surface area contributed by atoms with Crippen LogP contribution in [0.25, 0.3) is 0 Å². The SMILES string of the molecule is CC1(NC(=O)CN(Cc2ccccc2)S(=O)(=O)c2ccccc2)CCS(=O)(=O)C1. The monoisotopic (exact) mass is 436 g/mol. The number of sulfonamides is 1. The first-order valence-corrected chi connectivity index (χ1v) is 12.5. The molecule has 156 valence electrons. The average molecular weight is 437 g/mol. The number of carbonyl (C=O) groups excluding carboxylic acids is 1. The van der Waals surface area contributed by atoms with E-state index in [0.29, 0.717) is 6.42 Å². The summed E-state index contributed by atoms with van der Waals surface area (Å²) in [6, 6.07) is 16.9. The number of nitrogens with zero attached hydrogens (tertiary/aromatic N) is 1. The summed E-state index contributed by atoms with van der Waals surface area (Å²) in [6.45, 7) is 1.30. The lowest BCUT2D eigenvalue weighted by molar-refractivity contribution is -0.122. The van der Waals surface area contributed by atoms with E-state index in [0.717, 1.165) is 9.87 Å². The van der Waals surface area contributed by atoms with Crippen LogP contribution < -0.4 is 5.32 Å². The number of sulfone groups is 1. The number of benzene rings is 2. The van der Waals surface area contributed by atoms with E-state index in [1.165, 1.54) is 12.1 Å². The Kier molecular flexibility index (Phi) is 6.11. The van der Waals surface area contributed by atoms with Crippen molar-refractivity contribution in [2.75, 3.05) is 18.1 Å². The molecule has 0 saturated carbocycles. The molecule has 0 spiro atoms. The molecule has 1 aliphatic rings. The third-order valence-electron chi connectivity index (χ3n) is 4.85. The molecule has 1 saturated heterocycles. The highest BCUT2D eigenvalue weighted by atomic mass is 32.2. The minimum atomic E-state index is -3.92. The molecule has 7 nitrogen and oxygen atoms in total. The summed E-state index contributed by atoms with van der Waals surface area (Å²) in [5.41, 5.74) is -0.139. The minimum absolute atomic E-state index is 0.0137. The molecule has 2 aromatic rings. The number of carbonyl (C=O) groups is 1. The zero-order valence-electron chi connectivity index (χ0n) is 16.1. The minimum Gasteiger partial charge on any atom is -0.349 e. The molecule has 1 atom stereocenters. The predicted molar refractivity (Wildman–Crippen MR) is 110 cm³/mol. The molecule has 0 aliphatic carbocycles. The number of hydrogen-bond donors (Lipinski definition) is 1. The smallest absolute Gasteiger partial charge is 0.243 e. The Morgan fingerprint density at radius 2 is 1.66 bits per heavy atom. The van der Waals surface area contributed by atoms with Gasteiger partial charge in [-0.2, -0.15) is 4.31 Å². The van der Waals surface area contributed by atoms with Gasteiger partial charge in [0, 0.05) is 6.54 Å². The first kappa shape index (κ1) is 21.5. The quantitative estimate of drug-likeness (QED) is 0.710. The van der Waals surface area contributed by atoms with E-state index >= 15 is 0 Å². The van der Waals surface area contributed by atoms with Gasteiger partial charge in [-0.1, -0.05) is 48.5 Å². The molecule has 0 aromatic heterocycles. The van der Waals surface area contributed by atoms with Crippen LogP contribution in [0.2, 0.25) is 0 Å². The Hall–Kier alpha value is -2.23. The normalized spacial score (nSPS) is 21.2. The Morgan fingerprint density at radius 3 is 2.21 bits per heavy atom. The van der Waals surface area contributed by atoms with Crippen LogP contribution in [-0.4, -0.2) is 50.6 Å². The predicted octanol–water partition coefficient (Wildman–Crippen LogP) is 1.57. The summed E-state index contributed by atoms with van der Waals surface area (Å²) in [4.78, 5) is 12.8. The van der Waals surface area contributed by atoms with Gasteiger partial charge in [-0.25, -0.2) is 16.8 Å². The highest BCUT2D eigenvalue weighted by Gasteiger charge is 2.40. The molecule has 0 bridgehead atoms. The van der Waals surface area contributed by atoms with Crippen LogP contribution in [0.1, 0.15) is 18.9 Å². The van der Waals surface area contributed by atoms with Crippen LogP contribution in [0, 0.1) is 0 Å². The fraction of sp³-hybridized carbons (Fsp3) is 0.350. The summed E-state index contributed by atoms with van der Waals surface area (Å²) >= 11 is 0. The van der Waals surface area contributed by atoms with Gasteiger partial charge in [0.2, 0.25) is 15.9 Å². The topological polar surface area (TPSA) is 101 Å². The standard InChI is InChI=1S/C20H24N2O5S2/c1-20(12-13-28(24,25)16-20)21-19(23)15-22(14-17-8-4-2-5-9-17)29(26,27)18-10-6-3-7-11-18/h2-11H,12-16H2,1H3,(H,21,23). The fourth-order valence-electron chi connectivity index (χ4n) is 3.40. The van der Waals surface area contributed by atoms with E-state index in [1.807, 2.05) is 6.07 Å². The zero-order valence-corrected chi connectivity index (χ0v) is 17.7. The number of amides is 1. The largest absolute Gasteiger partial charge is 0.349 e. The van der Waals surface area contributed by atoms with Crippen molar-refractivity contribution in [3.8, 4) is 0 Å². The Labute approximate surface area is 171 Å². The third-order valence-corrected chi connectivity index (χ3v) is 8.56. The van der Waals surface area contributed by atoms with E-state index in [1.54, 1.807) is 49.4 Å². The molecular formula is C20H24N2O5S2. The van der Waals surface area contributed by atoms with Gasteiger partial charge in [0.25, 0.3) is 0 Å². The summed E-state index contributed by atoms with van der Waals surface area (Å²) in [5, 5.41) is 2.73. The van der Waals surface area contributed by atoms with Crippen LogP contribution in [0.5, 0.6) is 0 Å². The van der Waals surface area contributed by atoms with Crippen LogP contribution in [0.15, 0.2) is 65.6 Å². The Morgan fingerprint density at radius 1 is 1.07 bits per heavy atom. The zero-order chi connectivity index (χ0) is 21.1. The van der Waals surface area contributed by atoms with Gasteiger partial charge in [0.1, 0.15) is 0 Å². The number of rotatable bonds is 7. The van der Waals surface area contributed by atoms with Crippen molar-refractivity contribution in [2.45, 2.75) is 30.3 Å².